The minimum absolute atomic E-state index is 0.449. The first-order chi connectivity index (χ1) is 6.38. The molecule has 0 aliphatic carbocycles. The van der Waals surface area contributed by atoms with Crippen LogP contribution in [-0.2, 0) is 0 Å². The van der Waals surface area contributed by atoms with Crippen molar-refractivity contribution >= 4 is 0 Å². The van der Waals surface area contributed by atoms with Crippen molar-refractivity contribution in [2.75, 3.05) is 26.7 Å². The fourth-order valence-corrected chi connectivity index (χ4v) is 1.84. The maximum atomic E-state index is 5.43. The van der Waals surface area contributed by atoms with Crippen molar-refractivity contribution in [1.29, 1.82) is 0 Å². The summed E-state index contributed by atoms with van der Waals surface area (Å²) < 4.78 is 5.43. The van der Waals surface area contributed by atoms with Crippen molar-refractivity contribution in [3.05, 3.63) is 24.2 Å². The van der Waals surface area contributed by atoms with E-state index >= 15 is 0 Å². The summed E-state index contributed by atoms with van der Waals surface area (Å²) >= 11 is 0. The highest BCUT2D eigenvalue weighted by Crippen LogP contribution is 2.23. The first kappa shape index (κ1) is 8.78. The summed E-state index contributed by atoms with van der Waals surface area (Å²) in [5.74, 6) is 1.09. The van der Waals surface area contributed by atoms with E-state index in [9.17, 15) is 0 Å². The van der Waals surface area contributed by atoms with Gasteiger partial charge in [0, 0.05) is 13.1 Å². The van der Waals surface area contributed by atoms with Crippen LogP contribution < -0.4 is 5.32 Å². The zero-order chi connectivity index (χ0) is 9.10. The van der Waals surface area contributed by atoms with Crippen LogP contribution in [0, 0.1) is 0 Å². The van der Waals surface area contributed by atoms with Crippen molar-refractivity contribution in [3.8, 4) is 0 Å². The Morgan fingerprint density at radius 1 is 1.54 bits per heavy atom. The van der Waals surface area contributed by atoms with Crippen molar-refractivity contribution in [1.82, 2.24) is 10.2 Å². The van der Waals surface area contributed by atoms with Gasteiger partial charge in [0.15, 0.2) is 0 Å². The van der Waals surface area contributed by atoms with Crippen LogP contribution in [-0.4, -0.2) is 31.6 Å². The molecule has 1 fully saturated rings. The number of likely N-dealkylation sites (N-methyl/N-ethyl adjacent to an activating group) is 1. The Labute approximate surface area is 78.7 Å². The summed E-state index contributed by atoms with van der Waals surface area (Å²) in [7, 11) is 2.15. The van der Waals surface area contributed by atoms with E-state index in [1.807, 2.05) is 6.07 Å². The third kappa shape index (κ3) is 1.92. The number of furan rings is 1. The molecule has 1 saturated heterocycles. The Morgan fingerprint density at radius 3 is 3.23 bits per heavy atom. The van der Waals surface area contributed by atoms with Crippen LogP contribution in [0.2, 0.25) is 0 Å². The number of nitrogens with zero attached hydrogens (tertiary/aromatic N) is 1. The van der Waals surface area contributed by atoms with Gasteiger partial charge in [-0.15, -0.1) is 0 Å². The van der Waals surface area contributed by atoms with Gasteiger partial charge in [-0.25, -0.2) is 0 Å². The molecule has 0 aromatic carbocycles. The highest BCUT2D eigenvalue weighted by Gasteiger charge is 2.20. The van der Waals surface area contributed by atoms with Gasteiger partial charge in [-0.2, -0.15) is 0 Å². The van der Waals surface area contributed by atoms with E-state index in [1.165, 1.54) is 0 Å². The van der Waals surface area contributed by atoms with E-state index in [4.69, 9.17) is 4.42 Å². The van der Waals surface area contributed by atoms with Gasteiger partial charge < -0.3 is 9.73 Å². The van der Waals surface area contributed by atoms with E-state index in [0.29, 0.717) is 6.04 Å². The summed E-state index contributed by atoms with van der Waals surface area (Å²) in [5, 5.41) is 3.39. The molecule has 1 atom stereocenters. The number of hydrogen-bond acceptors (Lipinski definition) is 3. The molecule has 1 unspecified atom stereocenters. The average Bonchev–Trinajstić information content (AvgIpc) is 2.56. The first-order valence-electron chi connectivity index (χ1n) is 4.82. The van der Waals surface area contributed by atoms with Crippen LogP contribution in [0.5, 0.6) is 0 Å². The standard InChI is InChI=1S/C10H16N2O/c1-12-7-6-11-5-4-9(12)10-3-2-8-13-10/h2-3,8-9,11H,4-7H2,1H3. The fourth-order valence-electron chi connectivity index (χ4n) is 1.84. The molecule has 0 amide bonds. The maximum Gasteiger partial charge on any atom is 0.120 e. The number of hydrogen-bond donors (Lipinski definition) is 1. The van der Waals surface area contributed by atoms with Crippen molar-refractivity contribution < 1.29 is 4.42 Å². The molecule has 1 N–H and O–H groups in total. The Hall–Kier alpha value is -0.800. The second-order valence-electron chi connectivity index (χ2n) is 3.55. The molecule has 1 aromatic heterocycles. The second kappa shape index (κ2) is 3.94. The highest BCUT2D eigenvalue weighted by atomic mass is 16.3. The number of nitrogens with one attached hydrogen (secondary N) is 1. The molecule has 13 heavy (non-hydrogen) atoms. The third-order valence-electron chi connectivity index (χ3n) is 2.64. The SMILES string of the molecule is CN1CCNCCC1c1ccco1. The van der Waals surface area contributed by atoms with E-state index in [1.54, 1.807) is 6.26 Å². The van der Waals surface area contributed by atoms with E-state index in [2.05, 4.69) is 23.3 Å². The molecule has 1 aromatic rings. The van der Waals surface area contributed by atoms with Gasteiger partial charge in [-0.3, -0.25) is 4.90 Å². The van der Waals surface area contributed by atoms with E-state index < -0.39 is 0 Å². The Balaban J connectivity index is 2.11. The molecule has 2 rings (SSSR count). The molecule has 72 valence electrons. The van der Waals surface area contributed by atoms with Crippen molar-refractivity contribution in [2.24, 2.45) is 0 Å². The predicted molar refractivity (Wildman–Crippen MR) is 51.6 cm³/mol. The van der Waals surface area contributed by atoms with Crippen LogP contribution in [0.25, 0.3) is 0 Å². The molecule has 1 aliphatic heterocycles. The van der Waals surface area contributed by atoms with Crippen LogP contribution in [0.15, 0.2) is 22.8 Å². The molecular formula is C10H16N2O. The lowest BCUT2D eigenvalue weighted by Crippen LogP contribution is -2.26. The summed E-state index contributed by atoms with van der Waals surface area (Å²) in [5.41, 5.74) is 0. The molecule has 3 heteroatoms. The molecular weight excluding hydrogens is 164 g/mol. The first-order valence-corrected chi connectivity index (χ1v) is 4.82. The molecule has 0 spiro atoms. The minimum Gasteiger partial charge on any atom is -0.468 e. The summed E-state index contributed by atoms with van der Waals surface area (Å²) in [6, 6.07) is 4.47. The summed E-state index contributed by atoms with van der Waals surface area (Å²) in [6.45, 7) is 3.24. The molecule has 0 bridgehead atoms. The lowest BCUT2D eigenvalue weighted by atomic mass is 10.1. The smallest absolute Gasteiger partial charge is 0.120 e. The van der Waals surface area contributed by atoms with E-state index in [-0.39, 0.29) is 0 Å². The molecule has 3 nitrogen and oxygen atoms in total. The van der Waals surface area contributed by atoms with Crippen LogP contribution in [0.1, 0.15) is 18.2 Å². The second-order valence-corrected chi connectivity index (χ2v) is 3.55. The summed E-state index contributed by atoms with van der Waals surface area (Å²) in [4.78, 5) is 2.35. The van der Waals surface area contributed by atoms with Gasteiger partial charge in [-0.1, -0.05) is 0 Å². The zero-order valence-electron chi connectivity index (χ0n) is 7.99. The van der Waals surface area contributed by atoms with Crippen molar-refractivity contribution in [2.45, 2.75) is 12.5 Å². The normalized spacial score (nSPS) is 25.8. The largest absolute Gasteiger partial charge is 0.468 e. The lowest BCUT2D eigenvalue weighted by Gasteiger charge is -2.22. The van der Waals surface area contributed by atoms with Crippen molar-refractivity contribution in [3.63, 3.8) is 0 Å². The van der Waals surface area contributed by atoms with Crippen LogP contribution in [0.4, 0.5) is 0 Å². The molecule has 2 heterocycles. The van der Waals surface area contributed by atoms with Gasteiger partial charge in [0.25, 0.3) is 0 Å². The predicted octanol–water partition coefficient (Wildman–Crippen LogP) is 1.25. The lowest BCUT2D eigenvalue weighted by molar-refractivity contribution is 0.226. The molecule has 1 aliphatic rings. The maximum absolute atomic E-state index is 5.43. The van der Waals surface area contributed by atoms with E-state index in [0.717, 1.165) is 31.8 Å². The Kier molecular flexibility index (Phi) is 2.66. The van der Waals surface area contributed by atoms with Crippen LogP contribution in [0.3, 0.4) is 0 Å². The number of rotatable bonds is 1. The van der Waals surface area contributed by atoms with Gasteiger partial charge >= 0.3 is 0 Å². The third-order valence-corrected chi connectivity index (χ3v) is 2.64. The quantitative estimate of drug-likeness (QED) is 0.705. The van der Waals surface area contributed by atoms with Gasteiger partial charge in [0.05, 0.1) is 12.3 Å². The Bertz CT molecular complexity index is 245. The molecule has 0 saturated carbocycles. The minimum atomic E-state index is 0.449. The fraction of sp³-hybridized carbons (Fsp3) is 0.600. The summed E-state index contributed by atoms with van der Waals surface area (Å²) in [6.07, 6.45) is 2.88. The zero-order valence-corrected chi connectivity index (χ0v) is 7.99. The van der Waals surface area contributed by atoms with Gasteiger partial charge in [-0.05, 0) is 32.1 Å². The van der Waals surface area contributed by atoms with Gasteiger partial charge in [0.1, 0.15) is 5.76 Å². The van der Waals surface area contributed by atoms with Crippen LogP contribution >= 0.6 is 0 Å². The Morgan fingerprint density at radius 2 is 2.46 bits per heavy atom. The average molecular weight is 180 g/mol. The highest BCUT2D eigenvalue weighted by molar-refractivity contribution is 5.05. The topological polar surface area (TPSA) is 28.4 Å². The monoisotopic (exact) mass is 180 g/mol. The molecule has 0 radical (unpaired) electrons. The van der Waals surface area contributed by atoms with Gasteiger partial charge in [0.2, 0.25) is 0 Å².